The van der Waals surface area contributed by atoms with Crippen molar-refractivity contribution in [2.45, 2.75) is 25.3 Å². The average Bonchev–Trinajstić information content (AvgIpc) is 2.44. The van der Waals surface area contributed by atoms with Crippen LogP contribution in [0, 0.1) is 13.8 Å². The van der Waals surface area contributed by atoms with Crippen LogP contribution in [0.15, 0.2) is 40.0 Å². The fourth-order valence-corrected chi connectivity index (χ4v) is 2.72. The normalized spacial score (nSPS) is 10.6. The maximum absolute atomic E-state index is 11.7. The molecule has 1 heterocycles. The molecule has 0 unspecified atom stereocenters. The van der Waals surface area contributed by atoms with E-state index in [1.54, 1.807) is 11.8 Å². The highest BCUT2D eigenvalue weighted by Gasteiger charge is 2.05. The maximum atomic E-state index is 11.7. The number of aromatic nitrogens is 2. The van der Waals surface area contributed by atoms with E-state index in [0.29, 0.717) is 12.3 Å². The van der Waals surface area contributed by atoms with Gasteiger partial charge in [-0.2, -0.15) is 5.10 Å². The summed E-state index contributed by atoms with van der Waals surface area (Å²) in [6.45, 7) is 4.57. The Kier molecular flexibility index (Phi) is 4.80. The Hall–Kier alpha value is -2.08. The Balaban J connectivity index is 2.03. The van der Waals surface area contributed by atoms with E-state index in [1.807, 2.05) is 0 Å². The van der Waals surface area contributed by atoms with E-state index in [2.05, 4.69) is 37.1 Å². The lowest BCUT2D eigenvalue weighted by molar-refractivity contribution is 0.0993. The minimum absolute atomic E-state index is 0.103. The largest absolute Gasteiger partial charge is 0.364 e. The van der Waals surface area contributed by atoms with Crippen molar-refractivity contribution in [1.82, 2.24) is 9.78 Å². The Labute approximate surface area is 127 Å². The zero-order valence-corrected chi connectivity index (χ0v) is 12.8. The molecule has 0 fully saturated rings. The number of rotatable bonds is 5. The molecule has 21 heavy (non-hydrogen) atoms. The highest BCUT2D eigenvalue weighted by Crippen LogP contribution is 2.20. The minimum atomic E-state index is -0.634. The molecule has 0 atom stereocenters. The molecule has 110 valence electrons. The van der Waals surface area contributed by atoms with Gasteiger partial charge in [-0.25, -0.2) is 4.68 Å². The zero-order chi connectivity index (χ0) is 15.4. The lowest BCUT2D eigenvalue weighted by Crippen LogP contribution is -2.27. The van der Waals surface area contributed by atoms with Crippen molar-refractivity contribution >= 4 is 17.7 Å². The second-order valence-electron chi connectivity index (χ2n) is 4.74. The number of benzene rings is 1. The molecule has 1 amide bonds. The Morgan fingerprint density at radius 3 is 2.67 bits per heavy atom. The van der Waals surface area contributed by atoms with E-state index in [4.69, 9.17) is 5.73 Å². The monoisotopic (exact) mass is 303 g/mol. The molecule has 2 rings (SSSR count). The second kappa shape index (κ2) is 6.58. The molecular formula is C15H17N3O2S. The molecule has 1 aromatic carbocycles. The summed E-state index contributed by atoms with van der Waals surface area (Å²) >= 11 is 1.65. The summed E-state index contributed by atoms with van der Waals surface area (Å²) in [5.74, 6) is 0.0583. The molecule has 0 saturated carbocycles. The number of hydrogen-bond donors (Lipinski definition) is 1. The van der Waals surface area contributed by atoms with E-state index >= 15 is 0 Å². The van der Waals surface area contributed by atoms with Crippen LogP contribution in [0.4, 0.5) is 0 Å². The van der Waals surface area contributed by atoms with E-state index in [9.17, 15) is 9.59 Å². The predicted molar refractivity (Wildman–Crippen MR) is 83.7 cm³/mol. The van der Waals surface area contributed by atoms with Crippen LogP contribution < -0.4 is 11.3 Å². The van der Waals surface area contributed by atoms with Gasteiger partial charge in [0.25, 0.3) is 11.5 Å². The van der Waals surface area contributed by atoms with Gasteiger partial charge in [-0.15, -0.1) is 11.8 Å². The van der Waals surface area contributed by atoms with E-state index in [-0.39, 0.29) is 11.3 Å². The molecule has 0 aliphatic carbocycles. The molecule has 2 aromatic rings. The first-order valence-corrected chi connectivity index (χ1v) is 7.54. The van der Waals surface area contributed by atoms with Crippen LogP contribution in [0.2, 0.25) is 0 Å². The Morgan fingerprint density at radius 1 is 1.24 bits per heavy atom. The highest BCUT2D eigenvalue weighted by atomic mass is 32.2. The Morgan fingerprint density at radius 2 is 2.00 bits per heavy atom. The van der Waals surface area contributed by atoms with Crippen molar-refractivity contribution in [1.29, 1.82) is 0 Å². The molecular weight excluding hydrogens is 286 g/mol. The molecule has 0 aliphatic rings. The van der Waals surface area contributed by atoms with E-state index in [1.165, 1.54) is 27.9 Å². The van der Waals surface area contributed by atoms with Gasteiger partial charge in [-0.1, -0.05) is 6.07 Å². The van der Waals surface area contributed by atoms with Gasteiger partial charge in [0, 0.05) is 16.7 Å². The topological polar surface area (TPSA) is 78.0 Å². The van der Waals surface area contributed by atoms with Crippen LogP contribution in [0.25, 0.3) is 0 Å². The molecule has 0 spiro atoms. The number of nitrogens with two attached hydrogens (primary N) is 1. The van der Waals surface area contributed by atoms with Gasteiger partial charge in [0.05, 0.1) is 6.54 Å². The summed E-state index contributed by atoms with van der Waals surface area (Å²) in [6, 6.07) is 8.92. The van der Waals surface area contributed by atoms with Crippen LogP contribution >= 0.6 is 11.8 Å². The van der Waals surface area contributed by atoms with Gasteiger partial charge in [-0.05, 0) is 43.2 Å². The summed E-state index contributed by atoms with van der Waals surface area (Å²) < 4.78 is 1.27. The summed E-state index contributed by atoms with van der Waals surface area (Å²) in [6.07, 6.45) is 0. The van der Waals surface area contributed by atoms with Crippen LogP contribution in [0.5, 0.6) is 0 Å². The molecule has 6 heteroatoms. The third-order valence-corrected chi connectivity index (χ3v) is 4.14. The van der Waals surface area contributed by atoms with Crippen molar-refractivity contribution in [3.63, 3.8) is 0 Å². The predicted octanol–water partition coefficient (Wildman–Crippen LogP) is 1.75. The fourth-order valence-electron chi connectivity index (χ4n) is 1.79. The standard InChI is InChI=1S/C15H17N3O2S/c1-10-3-4-12(9-11(10)2)21-8-7-18-14(19)6-5-13(17-18)15(16)20/h3-6,9H,7-8H2,1-2H3,(H2,16,20). The maximum Gasteiger partial charge on any atom is 0.269 e. The minimum Gasteiger partial charge on any atom is -0.364 e. The molecule has 0 radical (unpaired) electrons. The van der Waals surface area contributed by atoms with Gasteiger partial charge in [0.1, 0.15) is 5.69 Å². The van der Waals surface area contributed by atoms with Gasteiger partial charge in [-0.3, -0.25) is 9.59 Å². The number of thioether (sulfide) groups is 1. The molecule has 0 aliphatic heterocycles. The van der Waals surface area contributed by atoms with Crippen LogP contribution in [-0.4, -0.2) is 21.4 Å². The molecule has 5 nitrogen and oxygen atoms in total. The molecule has 0 saturated heterocycles. The smallest absolute Gasteiger partial charge is 0.269 e. The molecule has 1 aromatic heterocycles. The van der Waals surface area contributed by atoms with E-state index < -0.39 is 5.91 Å². The summed E-state index contributed by atoms with van der Waals surface area (Å²) in [4.78, 5) is 23.9. The van der Waals surface area contributed by atoms with Crippen molar-refractivity contribution in [3.05, 3.63) is 57.5 Å². The average molecular weight is 303 g/mol. The first kappa shape index (κ1) is 15.3. The number of nitrogens with zero attached hydrogens (tertiary/aromatic N) is 2. The number of carbonyl (C=O) groups is 1. The van der Waals surface area contributed by atoms with Crippen molar-refractivity contribution < 1.29 is 4.79 Å². The van der Waals surface area contributed by atoms with Crippen LogP contribution in [0.1, 0.15) is 21.6 Å². The van der Waals surface area contributed by atoms with Crippen molar-refractivity contribution in [3.8, 4) is 0 Å². The third-order valence-electron chi connectivity index (χ3n) is 3.17. The fraction of sp³-hybridized carbons (Fsp3) is 0.267. The number of amides is 1. The van der Waals surface area contributed by atoms with Gasteiger partial charge >= 0.3 is 0 Å². The second-order valence-corrected chi connectivity index (χ2v) is 5.91. The van der Waals surface area contributed by atoms with Crippen LogP contribution in [0.3, 0.4) is 0 Å². The van der Waals surface area contributed by atoms with Gasteiger partial charge < -0.3 is 5.73 Å². The number of primary amides is 1. The van der Waals surface area contributed by atoms with Crippen LogP contribution in [-0.2, 0) is 6.54 Å². The van der Waals surface area contributed by atoms with Crippen molar-refractivity contribution in [2.75, 3.05) is 5.75 Å². The third kappa shape index (κ3) is 3.95. The Bertz CT molecular complexity index is 725. The number of aryl methyl sites for hydroxylation is 3. The summed E-state index contributed by atoms with van der Waals surface area (Å²) in [5, 5.41) is 3.95. The quantitative estimate of drug-likeness (QED) is 0.854. The number of carbonyl (C=O) groups excluding carboxylic acids is 1. The first-order valence-electron chi connectivity index (χ1n) is 6.55. The summed E-state index contributed by atoms with van der Waals surface area (Å²) in [5.41, 5.74) is 7.53. The van der Waals surface area contributed by atoms with E-state index in [0.717, 1.165) is 4.90 Å². The lowest BCUT2D eigenvalue weighted by atomic mass is 10.1. The highest BCUT2D eigenvalue weighted by molar-refractivity contribution is 7.99. The van der Waals surface area contributed by atoms with Gasteiger partial charge in [0.2, 0.25) is 0 Å². The lowest BCUT2D eigenvalue weighted by Gasteiger charge is -2.07. The van der Waals surface area contributed by atoms with Gasteiger partial charge in [0.15, 0.2) is 0 Å². The molecule has 2 N–H and O–H groups in total. The first-order chi connectivity index (χ1) is 9.97. The SMILES string of the molecule is Cc1ccc(SCCn2nc(C(N)=O)ccc2=O)cc1C. The summed E-state index contributed by atoms with van der Waals surface area (Å²) in [7, 11) is 0. The van der Waals surface area contributed by atoms with Crippen molar-refractivity contribution in [2.24, 2.45) is 5.73 Å². The number of hydrogen-bond acceptors (Lipinski definition) is 4. The zero-order valence-electron chi connectivity index (χ0n) is 12.0. The molecule has 0 bridgehead atoms.